The number of halogens is 1. The van der Waals surface area contributed by atoms with Crippen LogP contribution in [0.3, 0.4) is 0 Å². The number of carbonyl (C=O) groups is 1. The Morgan fingerprint density at radius 1 is 1.11 bits per heavy atom. The highest BCUT2D eigenvalue weighted by molar-refractivity contribution is 6.33. The SMILES string of the molecule is Nc1c(O)c(Cl)cc(C(=O)c2ccccc2)c1O. The van der Waals surface area contributed by atoms with E-state index < -0.39 is 17.3 Å². The minimum Gasteiger partial charge on any atom is -0.505 e. The summed E-state index contributed by atoms with van der Waals surface area (Å²) in [7, 11) is 0. The van der Waals surface area contributed by atoms with Crippen molar-refractivity contribution in [2.75, 3.05) is 5.73 Å². The standard InChI is InChI=1S/C13H10ClNO3/c14-9-6-8(12(17)10(15)13(9)18)11(16)7-4-2-1-3-5-7/h1-6,17-18H,15H2. The van der Waals surface area contributed by atoms with Crippen molar-refractivity contribution in [1.82, 2.24) is 0 Å². The lowest BCUT2D eigenvalue weighted by Crippen LogP contribution is -2.03. The molecule has 0 fully saturated rings. The molecule has 2 aromatic carbocycles. The van der Waals surface area contributed by atoms with Crippen molar-refractivity contribution in [2.45, 2.75) is 0 Å². The summed E-state index contributed by atoms with van der Waals surface area (Å²) in [5, 5.41) is 19.1. The highest BCUT2D eigenvalue weighted by Crippen LogP contribution is 2.40. The van der Waals surface area contributed by atoms with Gasteiger partial charge in [-0.25, -0.2) is 0 Å². The molecule has 0 spiro atoms. The number of hydrogen-bond donors (Lipinski definition) is 3. The van der Waals surface area contributed by atoms with Crippen molar-refractivity contribution < 1.29 is 15.0 Å². The first-order valence-corrected chi connectivity index (χ1v) is 5.49. The number of phenols is 2. The van der Waals surface area contributed by atoms with Gasteiger partial charge in [0, 0.05) is 5.56 Å². The second-order valence-corrected chi connectivity index (χ2v) is 4.12. The topological polar surface area (TPSA) is 83.5 Å². The van der Waals surface area contributed by atoms with Gasteiger partial charge in [-0.3, -0.25) is 4.79 Å². The zero-order valence-corrected chi connectivity index (χ0v) is 9.98. The molecular formula is C13H10ClNO3. The van der Waals surface area contributed by atoms with Crippen molar-refractivity contribution in [3.05, 3.63) is 52.5 Å². The van der Waals surface area contributed by atoms with Gasteiger partial charge in [-0.2, -0.15) is 0 Å². The number of nitrogen functional groups attached to an aromatic ring is 1. The quantitative estimate of drug-likeness (QED) is 0.442. The zero-order chi connectivity index (χ0) is 13.3. The molecule has 18 heavy (non-hydrogen) atoms. The van der Waals surface area contributed by atoms with Gasteiger partial charge in [0.1, 0.15) is 5.69 Å². The average Bonchev–Trinajstić information content (AvgIpc) is 2.41. The summed E-state index contributed by atoms with van der Waals surface area (Å²) in [5.41, 5.74) is 5.52. The van der Waals surface area contributed by atoms with Crippen molar-refractivity contribution >= 4 is 23.1 Å². The van der Waals surface area contributed by atoms with Crippen LogP contribution in [0.4, 0.5) is 5.69 Å². The number of nitrogens with two attached hydrogens (primary N) is 1. The van der Waals surface area contributed by atoms with Crippen LogP contribution in [0.1, 0.15) is 15.9 Å². The molecule has 2 rings (SSSR count). The number of phenolic OH excluding ortho intramolecular Hbond substituents is 2. The van der Waals surface area contributed by atoms with Crippen molar-refractivity contribution in [3.63, 3.8) is 0 Å². The molecule has 0 unspecified atom stereocenters. The van der Waals surface area contributed by atoms with Gasteiger partial charge >= 0.3 is 0 Å². The van der Waals surface area contributed by atoms with Crippen LogP contribution in [0.25, 0.3) is 0 Å². The molecule has 0 heterocycles. The van der Waals surface area contributed by atoms with Crippen LogP contribution in [0.15, 0.2) is 36.4 Å². The Balaban J connectivity index is 2.56. The zero-order valence-electron chi connectivity index (χ0n) is 9.22. The number of ketones is 1. The molecule has 0 aliphatic heterocycles. The first-order valence-electron chi connectivity index (χ1n) is 5.12. The van der Waals surface area contributed by atoms with Gasteiger partial charge in [0.25, 0.3) is 0 Å². The summed E-state index contributed by atoms with van der Waals surface area (Å²) >= 11 is 5.73. The van der Waals surface area contributed by atoms with E-state index >= 15 is 0 Å². The van der Waals surface area contributed by atoms with Gasteiger partial charge in [0.2, 0.25) is 0 Å². The Hall–Kier alpha value is -2.20. The molecule has 0 bridgehead atoms. The van der Waals surface area contributed by atoms with E-state index in [1.165, 1.54) is 6.07 Å². The van der Waals surface area contributed by atoms with E-state index in [1.54, 1.807) is 30.3 Å². The minimum absolute atomic E-state index is 0.0403. The third kappa shape index (κ3) is 1.98. The molecule has 0 radical (unpaired) electrons. The molecule has 0 aliphatic carbocycles. The molecular weight excluding hydrogens is 254 g/mol. The smallest absolute Gasteiger partial charge is 0.196 e. The summed E-state index contributed by atoms with van der Waals surface area (Å²) < 4.78 is 0. The summed E-state index contributed by atoms with van der Waals surface area (Å²) in [6.45, 7) is 0. The highest BCUT2D eigenvalue weighted by atomic mass is 35.5. The van der Waals surface area contributed by atoms with Gasteiger partial charge in [0.05, 0.1) is 10.6 Å². The van der Waals surface area contributed by atoms with Gasteiger partial charge in [-0.15, -0.1) is 0 Å². The van der Waals surface area contributed by atoms with Gasteiger partial charge in [-0.1, -0.05) is 41.9 Å². The number of aromatic hydroxyl groups is 2. The lowest BCUT2D eigenvalue weighted by atomic mass is 10.0. The summed E-state index contributed by atoms with van der Waals surface area (Å²) in [6.07, 6.45) is 0. The molecule has 2 aromatic rings. The van der Waals surface area contributed by atoms with E-state index in [0.29, 0.717) is 5.56 Å². The largest absolute Gasteiger partial charge is 0.505 e. The Kier molecular flexibility index (Phi) is 3.12. The van der Waals surface area contributed by atoms with Crippen LogP contribution in [-0.2, 0) is 0 Å². The molecule has 0 saturated carbocycles. The molecule has 4 nitrogen and oxygen atoms in total. The van der Waals surface area contributed by atoms with E-state index in [4.69, 9.17) is 17.3 Å². The Morgan fingerprint density at radius 3 is 2.33 bits per heavy atom. The fraction of sp³-hybridized carbons (Fsp3) is 0. The van der Waals surface area contributed by atoms with E-state index in [0.717, 1.165) is 0 Å². The first kappa shape index (κ1) is 12.3. The minimum atomic E-state index is -0.467. The lowest BCUT2D eigenvalue weighted by molar-refractivity contribution is 0.103. The summed E-state index contributed by atoms with van der Waals surface area (Å²) in [4.78, 5) is 12.1. The molecule has 0 atom stereocenters. The molecule has 0 saturated heterocycles. The van der Waals surface area contributed by atoms with Crippen LogP contribution in [0.2, 0.25) is 5.02 Å². The van der Waals surface area contributed by atoms with Crippen LogP contribution in [0, 0.1) is 0 Å². The maximum atomic E-state index is 12.1. The van der Waals surface area contributed by atoms with Crippen molar-refractivity contribution in [2.24, 2.45) is 0 Å². The predicted molar refractivity (Wildman–Crippen MR) is 69.1 cm³/mol. The molecule has 5 heteroatoms. The lowest BCUT2D eigenvalue weighted by Gasteiger charge is -2.09. The van der Waals surface area contributed by atoms with Gasteiger partial charge in [0.15, 0.2) is 17.3 Å². The number of anilines is 1. The Bertz CT molecular complexity index is 611. The van der Waals surface area contributed by atoms with Crippen molar-refractivity contribution in [1.29, 1.82) is 0 Å². The van der Waals surface area contributed by atoms with E-state index in [9.17, 15) is 15.0 Å². The third-order valence-electron chi connectivity index (χ3n) is 2.54. The predicted octanol–water partition coefficient (Wildman–Crippen LogP) is 2.56. The Morgan fingerprint density at radius 2 is 1.72 bits per heavy atom. The van der Waals surface area contributed by atoms with Gasteiger partial charge in [-0.05, 0) is 6.07 Å². The van der Waals surface area contributed by atoms with Crippen molar-refractivity contribution in [3.8, 4) is 11.5 Å². The van der Waals surface area contributed by atoms with Crippen LogP contribution < -0.4 is 5.73 Å². The number of rotatable bonds is 2. The summed E-state index contributed by atoms with van der Waals surface area (Å²) in [5.74, 6) is -1.31. The Labute approximate surface area is 108 Å². The maximum Gasteiger partial charge on any atom is 0.196 e. The average molecular weight is 264 g/mol. The monoisotopic (exact) mass is 263 g/mol. The van der Waals surface area contributed by atoms with Crippen LogP contribution >= 0.6 is 11.6 Å². The van der Waals surface area contributed by atoms with Crippen LogP contribution in [0.5, 0.6) is 11.5 Å². The molecule has 4 N–H and O–H groups in total. The van der Waals surface area contributed by atoms with E-state index in [2.05, 4.69) is 0 Å². The fourth-order valence-corrected chi connectivity index (χ4v) is 1.78. The highest BCUT2D eigenvalue weighted by Gasteiger charge is 2.19. The fourth-order valence-electron chi connectivity index (χ4n) is 1.57. The van der Waals surface area contributed by atoms with Gasteiger partial charge < -0.3 is 15.9 Å². The molecule has 0 aliphatic rings. The van der Waals surface area contributed by atoms with Crippen LogP contribution in [-0.4, -0.2) is 16.0 Å². The first-order chi connectivity index (χ1) is 8.52. The molecule has 0 amide bonds. The number of hydrogen-bond acceptors (Lipinski definition) is 4. The second-order valence-electron chi connectivity index (χ2n) is 3.71. The second kappa shape index (κ2) is 4.58. The summed E-state index contributed by atoms with van der Waals surface area (Å²) in [6, 6.07) is 9.59. The number of carbonyl (C=O) groups excluding carboxylic acids is 1. The normalized spacial score (nSPS) is 10.3. The third-order valence-corrected chi connectivity index (χ3v) is 2.83. The number of benzene rings is 2. The van der Waals surface area contributed by atoms with E-state index in [1.807, 2.05) is 0 Å². The maximum absolute atomic E-state index is 12.1. The molecule has 92 valence electrons. The molecule has 0 aromatic heterocycles. The van der Waals surface area contributed by atoms with E-state index in [-0.39, 0.29) is 16.3 Å².